The van der Waals surface area contributed by atoms with Gasteiger partial charge in [0.1, 0.15) is 5.76 Å². The van der Waals surface area contributed by atoms with Gasteiger partial charge in [-0.15, -0.1) is 0 Å². The topological polar surface area (TPSA) is 133 Å². The standard InChI is InChI=1S/C24H20N4O6S/c1-33-23(32)16-9-10-18-19(12-16)25-24(28(22(18)31)13-17-8-5-11-34-17)35-14-20(29)26-27-21(30)15-6-3-2-4-7-15/h2-12H,13-14H2,1H3,(H,26,29)(H,27,30). The summed E-state index contributed by atoms with van der Waals surface area (Å²) in [7, 11) is 1.26. The minimum absolute atomic E-state index is 0.0994. The predicted octanol–water partition coefficient (Wildman–Crippen LogP) is 2.38. The van der Waals surface area contributed by atoms with Crippen LogP contribution in [-0.2, 0) is 16.1 Å². The van der Waals surface area contributed by atoms with Gasteiger partial charge in [0.15, 0.2) is 5.16 Å². The molecule has 4 rings (SSSR count). The molecular weight excluding hydrogens is 472 g/mol. The van der Waals surface area contributed by atoms with Gasteiger partial charge in [-0.3, -0.25) is 29.8 Å². The number of fused-ring (bicyclic) bond motifs is 1. The van der Waals surface area contributed by atoms with E-state index in [4.69, 9.17) is 9.15 Å². The van der Waals surface area contributed by atoms with Crippen LogP contribution in [0.2, 0.25) is 0 Å². The quantitative estimate of drug-likeness (QED) is 0.174. The van der Waals surface area contributed by atoms with Gasteiger partial charge in [-0.25, -0.2) is 9.78 Å². The molecule has 0 aliphatic rings. The van der Waals surface area contributed by atoms with Crippen LogP contribution in [0.5, 0.6) is 0 Å². The number of methoxy groups -OCH3 is 1. The minimum atomic E-state index is -0.559. The van der Waals surface area contributed by atoms with Crippen LogP contribution in [-0.4, -0.2) is 40.2 Å². The molecule has 2 N–H and O–H groups in total. The van der Waals surface area contributed by atoms with E-state index in [1.54, 1.807) is 42.5 Å². The molecule has 4 aromatic rings. The molecule has 2 aromatic carbocycles. The SMILES string of the molecule is COC(=O)c1ccc2c(=O)n(Cc3ccco3)c(SCC(=O)NNC(=O)c3ccccc3)nc2c1. The Kier molecular flexibility index (Phi) is 7.27. The van der Waals surface area contributed by atoms with Crippen LogP contribution in [0, 0.1) is 0 Å². The van der Waals surface area contributed by atoms with Gasteiger partial charge in [0.2, 0.25) is 5.91 Å². The Morgan fingerprint density at radius 2 is 1.83 bits per heavy atom. The number of aromatic nitrogens is 2. The number of furan rings is 1. The van der Waals surface area contributed by atoms with Gasteiger partial charge in [-0.1, -0.05) is 30.0 Å². The average molecular weight is 493 g/mol. The van der Waals surface area contributed by atoms with Crippen LogP contribution in [0.3, 0.4) is 0 Å². The average Bonchev–Trinajstić information content (AvgIpc) is 3.41. The van der Waals surface area contributed by atoms with Gasteiger partial charge in [-0.05, 0) is 42.5 Å². The van der Waals surface area contributed by atoms with Crippen molar-refractivity contribution in [1.82, 2.24) is 20.4 Å². The summed E-state index contributed by atoms with van der Waals surface area (Å²) in [6, 6.07) is 16.3. The van der Waals surface area contributed by atoms with Crippen molar-refractivity contribution < 1.29 is 23.5 Å². The van der Waals surface area contributed by atoms with E-state index < -0.39 is 17.8 Å². The third kappa shape index (κ3) is 5.58. The largest absolute Gasteiger partial charge is 0.467 e. The first-order valence-corrected chi connectivity index (χ1v) is 11.4. The zero-order valence-electron chi connectivity index (χ0n) is 18.5. The lowest BCUT2D eigenvalue weighted by molar-refractivity contribution is -0.119. The first-order valence-electron chi connectivity index (χ1n) is 10.4. The molecule has 2 amide bonds. The summed E-state index contributed by atoms with van der Waals surface area (Å²) in [5.74, 6) is -1.13. The molecule has 2 heterocycles. The Morgan fingerprint density at radius 3 is 2.54 bits per heavy atom. The van der Waals surface area contributed by atoms with Gasteiger partial charge in [0.05, 0.1) is 42.1 Å². The van der Waals surface area contributed by atoms with Crippen molar-refractivity contribution in [3.05, 3.63) is 94.2 Å². The number of hydrazine groups is 1. The second-order valence-electron chi connectivity index (χ2n) is 7.25. The number of ether oxygens (including phenoxy) is 1. The van der Waals surface area contributed by atoms with Crippen LogP contribution in [0.1, 0.15) is 26.5 Å². The van der Waals surface area contributed by atoms with Crippen LogP contribution in [0.15, 0.2) is 81.3 Å². The van der Waals surface area contributed by atoms with Gasteiger partial charge in [0, 0.05) is 5.56 Å². The smallest absolute Gasteiger partial charge is 0.337 e. The Hall–Kier alpha value is -4.38. The molecule has 0 unspecified atom stereocenters. The second-order valence-corrected chi connectivity index (χ2v) is 8.19. The normalized spacial score (nSPS) is 10.7. The Balaban J connectivity index is 1.56. The number of hydrogen-bond acceptors (Lipinski definition) is 8. The van der Waals surface area contributed by atoms with Crippen LogP contribution < -0.4 is 16.4 Å². The van der Waals surface area contributed by atoms with Gasteiger partial charge < -0.3 is 9.15 Å². The minimum Gasteiger partial charge on any atom is -0.467 e. The number of nitrogens with zero attached hydrogens (tertiary/aromatic N) is 2. The fourth-order valence-corrected chi connectivity index (χ4v) is 4.01. The fourth-order valence-electron chi connectivity index (χ4n) is 3.21. The van der Waals surface area contributed by atoms with Gasteiger partial charge in [0.25, 0.3) is 11.5 Å². The van der Waals surface area contributed by atoms with Crippen molar-refractivity contribution in [2.75, 3.05) is 12.9 Å². The summed E-state index contributed by atoms with van der Waals surface area (Å²) in [4.78, 5) is 54.2. The molecule has 0 aliphatic heterocycles. The molecule has 0 radical (unpaired) electrons. The number of hydrogen-bond donors (Lipinski definition) is 2. The lowest BCUT2D eigenvalue weighted by Gasteiger charge is -2.13. The third-order valence-electron chi connectivity index (χ3n) is 4.92. The lowest BCUT2D eigenvalue weighted by Crippen LogP contribution is -2.42. The molecule has 178 valence electrons. The molecule has 11 heteroatoms. The number of amides is 2. The number of carbonyl (C=O) groups is 3. The van der Waals surface area contributed by atoms with E-state index in [2.05, 4.69) is 15.8 Å². The molecular formula is C24H20N4O6S. The first-order chi connectivity index (χ1) is 17.0. The third-order valence-corrected chi connectivity index (χ3v) is 5.90. The summed E-state index contributed by atoms with van der Waals surface area (Å²) in [6.45, 7) is 0.0994. The van der Waals surface area contributed by atoms with E-state index in [0.29, 0.717) is 16.7 Å². The van der Waals surface area contributed by atoms with E-state index in [9.17, 15) is 19.2 Å². The number of thioether (sulfide) groups is 1. The van der Waals surface area contributed by atoms with Crippen molar-refractivity contribution in [3.63, 3.8) is 0 Å². The van der Waals surface area contributed by atoms with E-state index in [1.807, 2.05) is 0 Å². The number of benzene rings is 2. The van der Waals surface area contributed by atoms with Crippen molar-refractivity contribution in [3.8, 4) is 0 Å². The molecule has 0 atom stereocenters. The molecule has 0 saturated carbocycles. The molecule has 0 aliphatic carbocycles. The maximum atomic E-state index is 13.2. The molecule has 35 heavy (non-hydrogen) atoms. The van der Waals surface area contributed by atoms with Crippen molar-refractivity contribution in [2.45, 2.75) is 11.7 Å². The maximum Gasteiger partial charge on any atom is 0.337 e. The predicted molar refractivity (Wildman–Crippen MR) is 128 cm³/mol. The first kappa shape index (κ1) is 23.8. The van der Waals surface area contributed by atoms with Crippen molar-refractivity contribution in [2.24, 2.45) is 0 Å². The van der Waals surface area contributed by atoms with Crippen molar-refractivity contribution in [1.29, 1.82) is 0 Å². The zero-order chi connectivity index (χ0) is 24.8. The highest BCUT2D eigenvalue weighted by Crippen LogP contribution is 2.20. The number of carbonyl (C=O) groups excluding carboxylic acids is 3. The van der Waals surface area contributed by atoms with E-state index >= 15 is 0 Å². The highest BCUT2D eigenvalue weighted by molar-refractivity contribution is 7.99. The van der Waals surface area contributed by atoms with Crippen LogP contribution in [0.4, 0.5) is 0 Å². The summed E-state index contributed by atoms with van der Waals surface area (Å²) >= 11 is 1.00. The number of rotatable bonds is 7. The van der Waals surface area contributed by atoms with E-state index in [0.717, 1.165) is 11.8 Å². The highest BCUT2D eigenvalue weighted by atomic mass is 32.2. The van der Waals surface area contributed by atoms with E-state index in [1.165, 1.54) is 36.1 Å². The summed E-state index contributed by atoms with van der Waals surface area (Å²) in [5.41, 5.74) is 5.26. The molecule has 2 aromatic heterocycles. The van der Waals surface area contributed by atoms with Crippen LogP contribution >= 0.6 is 11.8 Å². The van der Waals surface area contributed by atoms with Crippen molar-refractivity contribution >= 4 is 40.4 Å². The fraction of sp³-hybridized carbons (Fsp3) is 0.125. The highest BCUT2D eigenvalue weighted by Gasteiger charge is 2.17. The summed E-state index contributed by atoms with van der Waals surface area (Å²) < 4.78 is 11.5. The monoisotopic (exact) mass is 492 g/mol. The Morgan fingerprint density at radius 1 is 1.03 bits per heavy atom. The Bertz CT molecular complexity index is 1430. The molecule has 10 nitrogen and oxygen atoms in total. The molecule has 0 bridgehead atoms. The van der Waals surface area contributed by atoms with Crippen LogP contribution in [0.25, 0.3) is 10.9 Å². The number of nitrogens with one attached hydrogen (secondary N) is 2. The lowest BCUT2D eigenvalue weighted by atomic mass is 10.1. The summed E-state index contributed by atoms with van der Waals surface area (Å²) in [6.07, 6.45) is 1.49. The van der Waals surface area contributed by atoms with Gasteiger partial charge >= 0.3 is 5.97 Å². The summed E-state index contributed by atoms with van der Waals surface area (Å²) in [5, 5.41) is 0.540. The molecule has 0 spiro atoms. The maximum absolute atomic E-state index is 13.2. The zero-order valence-corrected chi connectivity index (χ0v) is 19.3. The van der Waals surface area contributed by atoms with E-state index in [-0.39, 0.29) is 34.1 Å². The Labute approximate surface area is 203 Å². The molecule has 0 saturated heterocycles. The van der Waals surface area contributed by atoms with Gasteiger partial charge in [-0.2, -0.15) is 0 Å². The molecule has 0 fully saturated rings. The number of esters is 1. The second kappa shape index (κ2) is 10.7.